The van der Waals surface area contributed by atoms with E-state index in [4.69, 9.17) is 0 Å². The molecule has 2 heterocycles. The SMILES string of the molecule is c1ccc2c(c1)[se]c1c2ccc2c3ccccc3[se]c21. The van der Waals surface area contributed by atoms with Gasteiger partial charge in [0.05, 0.1) is 0 Å². The molecule has 0 spiro atoms. The second kappa shape index (κ2) is 4.10. The molecule has 5 rings (SSSR count). The summed E-state index contributed by atoms with van der Waals surface area (Å²) in [4.78, 5) is 0. The van der Waals surface area contributed by atoms with Gasteiger partial charge in [0.15, 0.2) is 0 Å². The number of rotatable bonds is 0. The van der Waals surface area contributed by atoms with Crippen molar-refractivity contribution in [2.45, 2.75) is 0 Å². The molecule has 20 heavy (non-hydrogen) atoms. The Bertz CT molecular complexity index is 1010. The first-order valence-electron chi connectivity index (χ1n) is 6.63. The fourth-order valence-corrected chi connectivity index (χ4v) is 8.68. The van der Waals surface area contributed by atoms with Crippen LogP contribution in [-0.4, -0.2) is 29.0 Å². The van der Waals surface area contributed by atoms with Crippen molar-refractivity contribution >= 4 is 67.6 Å². The molecule has 0 aliphatic heterocycles. The first-order valence-corrected chi connectivity index (χ1v) is 10.1. The summed E-state index contributed by atoms with van der Waals surface area (Å²) in [5.41, 5.74) is 0. The summed E-state index contributed by atoms with van der Waals surface area (Å²) in [6.07, 6.45) is 0. The standard InChI is InChI=1S/C18H10Se2/c1-3-7-15-11(5-1)13-9-10-14-12-6-2-4-8-16(12)20-18(14)17(13)19-15/h1-10H. The molecule has 0 atom stereocenters. The van der Waals surface area contributed by atoms with E-state index in [-0.39, 0.29) is 0 Å². The summed E-state index contributed by atoms with van der Waals surface area (Å²) in [7, 11) is 0. The van der Waals surface area contributed by atoms with Crippen molar-refractivity contribution in [3.05, 3.63) is 60.7 Å². The molecule has 0 aliphatic rings. The first kappa shape index (κ1) is 11.4. The second-order valence-corrected chi connectivity index (χ2v) is 9.43. The fourth-order valence-electron chi connectivity index (χ4n) is 2.97. The summed E-state index contributed by atoms with van der Waals surface area (Å²) in [6.45, 7) is 0. The van der Waals surface area contributed by atoms with Crippen molar-refractivity contribution in [3.8, 4) is 0 Å². The molecule has 2 heteroatoms. The van der Waals surface area contributed by atoms with Crippen LogP contribution in [0.5, 0.6) is 0 Å². The van der Waals surface area contributed by atoms with E-state index in [9.17, 15) is 0 Å². The summed E-state index contributed by atoms with van der Waals surface area (Å²) in [5, 5.41) is 5.93. The molecular formula is C18H10Se2. The van der Waals surface area contributed by atoms with E-state index < -0.39 is 0 Å². The van der Waals surface area contributed by atoms with Crippen molar-refractivity contribution in [1.82, 2.24) is 0 Å². The molecule has 0 fully saturated rings. The van der Waals surface area contributed by atoms with E-state index in [1.807, 2.05) is 0 Å². The molecule has 0 radical (unpaired) electrons. The van der Waals surface area contributed by atoms with E-state index in [0.29, 0.717) is 29.0 Å². The van der Waals surface area contributed by atoms with Crippen LogP contribution in [0.4, 0.5) is 0 Å². The molecule has 0 unspecified atom stereocenters. The molecule has 0 nitrogen and oxygen atoms in total. The quantitative estimate of drug-likeness (QED) is 0.347. The summed E-state index contributed by atoms with van der Waals surface area (Å²) in [6, 6.07) is 22.5. The van der Waals surface area contributed by atoms with Crippen LogP contribution >= 0.6 is 0 Å². The zero-order valence-corrected chi connectivity index (χ0v) is 14.0. The zero-order chi connectivity index (χ0) is 13.1. The average molecular weight is 384 g/mol. The van der Waals surface area contributed by atoms with Gasteiger partial charge in [-0.3, -0.25) is 0 Å². The molecule has 0 saturated carbocycles. The van der Waals surface area contributed by atoms with Gasteiger partial charge in [0.2, 0.25) is 0 Å². The molecule has 0 saturated heterocycles. The number of hydrogen-bond acceptors (Lipinski definition) is 0. The fraction of sp³-hybridized carbons (Fsp3) is 0. The van der Waals surface area contributed by atoms with Crippen molar-refractivity contribution in [3.63, 3.8) is 0 Å². The van der Waals surface area contributed by atoms with Crippen molar-refractivity contribution in [2.75, 3.05) is 0 Å². The van der Waals surface area contributed by atoms with Gasteiger partial charge in [-0.2, -0.15) is 0 Å². The zero-order valence-electron chi connectivity index (χ0n) is 10.6. The molecule has 0 amide bonds. The minimum absolute atomic E-state index is 0.487. The molecular weight excluding hydrogens is 374 g/mol. The summed E-state index contributed by atoms with van der Waals surface area (Å²) < 4.78 is 6.39. The Morgan fingerprint density at radius 2 is 0.900 bits per heavy atom. The predicted molar refractivity (Wildman–Crippen MR) is 90.3 cm³/mol. The van der Waals surface area contributed by atoms with Crippen LogP contribution in [0.3, 0.4) is 0 Å². The Labute approximate surface area is 128 Å². The molecule has 0 bridgehead atoms. The van der Waals surface area contributed by atoms with E-state index in [2.05, 4.69) is 60.7 Å². The Kier molecular flexibility index (Phi) is 2.33. The molecule has 94 valence electrons. The van der Waals surface area contributed by atoms with Crippen LogP contribution in [0, 0.1) is 0 Å². The summed E-state index contributed by atoms with van der Waals surface area (Å²) in [5.74, 6) is 0. The van der Waals surface area contributed by atoms with E-state index in [1.54, 1.807) is 17.0 Å². The van der Waals surface area contributed by atoms with Gasteiger partial charge in [0, 0.05) is 0 Å². The van der Waals surface area contributed by atoms with Crippen LogP contribution in [0.25, 0.3) is 38.6 Å². The average Bonchev–Trinajstić information content (AvgIpc) is 3.05. The topological polar surface area (TPSA) is 0 Å². The molecule has 3 aromatic carbocycles. The molecule has 0 aliphatic carbocycles. The number of hydrogen-bond donors (Lipinski definition) is 0. The van der Waals surface area contributed by atoms with Crippen LogP contribution in [0.1, 0.15) is 0 Å². The van der Waals surface area contributed by atoms with Crippen molar-refractivity contribution < 1.29 is 0 Å². The van der Waals surface area contributed by atoms with Crippen LogP contribution < -0.4 is 0 Å². The van der Waals surface area contributed by atoms with Gasteiger partial charge in [-0.05, 0) is 0 Å². The van der Waals surface area contributed by atoms with E-state index in [1.165, 1.54) is 21.5 Å². The van der Waals surface area contributed by atoms with Crippen LogP contribution in [0.15, 0.2) is 60.7 Å². The normalized spacial score (nSPS) is 12.0. The molecule has 0 N–H and O–H groups in total. The Balaban J connectivity index is 2.10. The van der Waals surface area contributed by atoms with Crippen molar-refractivity contribution in [1.29, 1.82) is 0 Å². The van der Waals surface area contributed by atoms with E-state index in [0.717, 1.165) is 0 Å². The third-order valence-corrected chi connectivity index (χ3v) is 9.60. The predicted octanol–water partition coefficient (Wildman–Crippen LogP) is 4.41. The third kappa shape index (κ3) is 1.43. The van der Waals surface area contributed by atoms with Gasteiger partial charge in [0.25, 0.3) is 0 Å². The number of fused-ring (bicyclic) bond motifs is 7. The van der Waals surface area contributed by atoms with Gasteiger partial charge in [-0.25, -0.2) is 0 Å². The maximum atomic E-state index is 2.35. The third-order valence-electron chi connectivity index (χ3n) is 3.89. The van der Waals surface area contributed by atoms with Gasteiger partial charge in [-0.1, -0.05) is 0 Å². The molecule has 5 aromatic rings. The Morgan fingerprint density at radius 1 is 0.450 bits per heavy atom. The second-order valence-electron chi connectivity index (χ2n) is 5.02. The number of benzene rings is 3. The molecule has 2 aromatic heterocycles. The van der Waals surface area contributed by atoms with Gasteiger partial charge in [-0.15, -0.1) is 0 Å². The maximum absolute atomic E-state index is 2.35. The van der Waals surface area contributed by atoms with Crippen LogP contribution in [-0.2, 0) is 0 Å². The van der Waals surface area contributed by atoms with Gasteiger partial charge in [0.1, 0.15) is 0 Å². The van der Waals surface area contributed by atoms with Crippen molar-refractivity contribution in [2.24, 2.45) is 0 Å². The first-order chi connectivity index (χ1) is 9.92. The van der Waals surface area contributed by atoms with Gasteiger partial charge < -0.3 is 0 Å². The van der Waals surface area contributed by atoms with Crippen LogP contribution in [0.2, 0.25) is 0 Å². The minimum atomic E-state index is 0.487. The monoisotopic (exact) mass is 386 g/mol. The van der Waals surface area contributed by atoms with Gasteiger partial charge >= 0.3 is 128 Å². The Morgan fingerprint density at radius 3 is 1.40 bits per heavy atom. The Hall–Kier alpha value is -1.30. The van der Waals surface area contributed by atoms with E-state index >= 15 is 0 Å². The summed E-state index contributed by atoms with van der Waals surface area (Å²) >= 11 is 0.974.